The number of nitrogens with zero attached hydrogens (tertiary/aromatic N) is 1. The Morgan fingerprint density at radius 1 is 1.62 bits per heavy atom. The number of esters is 1. The lowest BCUT2D eigenvalue weighted by Gasteiger charge is -1.98. The fourth-order valence-corrected chi connectivity index (χ4v) is 1.40. The molecule has 3 nitrogen and oxygen atoms in total. The number of alkyl halides is 3. The number of rotatable bonds is 1. The number of carbonyl (C=O) groups is 1. The van der Waals surface area contributed by atoms with Gasteiger partial charge in [0, 0.05) is 11.3 Å². The summed E-state index contributed by atoms with van der Waals surface area (Å²) in [6, 6.07) is 0. The van der Waals surface area contributed by atoms with Gasteiger partial charge in [-0.25, -0.2) is 9.78 Å². The fourth-order valence-electron chi connectivity index (χ4n) is 0.733. The molecule has 0 amide bonds. The molecule has 0 N–H and O–H groups in total. The highest BCUT2D eigenvalue weighted by Crippen LogP contribution is 2.29. The lowest BCUT2D eigenvalue weighted by Crippen LogP contribution is -2.05. The van der Waals surface area contributed by atoms with Crippen LogP contribution in [0.1, 0.15) is 17.6 Å². The third-order valence-corrected chi connectivity index (χ3v) is 2.10. The van der Waals surface area contributed by atoms with E-state index in [0.29, 0.717) is 0 Å². The highest BCUT2D eigenvalue weighted by atomic mass is 32.1. The summed E-state index contributed by atoms with van der Waals surface area (Å²) in [7, 11) is 0. The molecule has 0 radical (unpaired) electrons. The molecule has 0 fully saturated rings. The number of halogens is 3. The first-order chi connectivity index (χ1) is 7.43. The molecule has 0 spiro atoms. The van der Waals surface area contributed by atoms with E-state index in [1.807, 2.05) is 5.92 Å². The third kappa shape index (κ3) is 3.55. The molecule has 0 aromatic carbocycles. The van der Waals surface area contributed by atoms with Gasteiger partial charge in [0.05, 0.1) is 6.61 Å². The van der Waals surface area contributed by atoms with Crippen molar-refractivity contribution in [2.75, 3.05) is 6.61 Å². The second-order valence-corrected chi connectivity index (χ2v) is 3.36. The highest BCUT2D eigenvalue weighted by molar-refractivity contribution is 7.10. The smallest absolute Gasteiger partial charge is 0.434 e. The van der Waals surface area contributed by atoms with Crippen LogP contribution < -0.4 is 0 Å². The number of aromatic nitrogens is 1. The number of carbonyl (C=O) groups excluding carboxylic acids is 1. The predicted molar refractivity (Wildman–Crippen MR) is 50.6 cm³/mol. The molecule has 0 saturated heterocycles. The molecule has 0 saturated carbocycles. The van der Waals surface area contributed by atoms with Gasteiger partial charge in [0.1, 0.15) is 0 Å². The van der Waals surface area contributed by atoms with Crippen molar-refractivity contribution in [3.8, 4) is 11.8 Å². The van der Waals surface area contributed by atoms with Crippen molar-refractivity contribution >= 4 is 17.3 Å². The van der Waals surface area contributed by atoms with Gasteiger partial charge in [0.15, 0.2) is 10.7 Å². The van der Waals surface area contributed by atoms with E-state index in [1.54, 1.807) is 6.92 Å². The van der Waals surface area contributed by atoms with Gasteiger partial charge in [-0.2, -0.15) is 13.2 Å². The highest BCUT2D eigenvalue weighted by Gasteiger charge is 2.33. The van der Waals surface area contributed by atoms with E-state index in [1.165, 1.54) is 0 Å². The summed E-state index contributed by atoms with van der Waals surface area (Å²) in [6.45, 7) is 1.77. The topological polar surface area (TPSA) is 39.2 Å². The second kappa shape index (κ2) is 4.99. The standard InChI is InChI=1S/C9H6F3NO2S/c1-2-15-8(14)4-3-7-13-6(5-16-7)9(10,11)12/h5H,2H2,1H3. The summed E-state index contributed by atoms with van der Waals surface area (Å²) in [4.78, 5) is 14.0. The van der Waals surface area contributed by atoms with Crippen LogP contribution in [0.5, 0.6) is 0 Å². The molecule has 7 heteroatoms. The van der Waals surface area contributed by atoms with Crippen LogP contribution in [0, 0.1) is 11.8 Å². The van der Waals surface area contributed by atoms with Gasteiger partial charge in [-0.15, -0.1) is 11.3 Å². The summed E-state index contributed by atoms with van der Waals surface area (Å²) in [6.07, 6.45) is -4.49. The normalized spacial score (nSPS) is 10.5. The van der Waals surface area contributed by atoms with Crippen molar-refractivity contribution in [2.45, 2.75) is 13.1 Å². The molecule has 86 valence electrons. The Labute approximate surface area is 93.3 Å². The maximum Gasteiger partial charge on any atom is 0.434 e. The number of thiazole rings is 1. The van der Waals surface area contributed by atoms with Crippen LogP contribution in [0.25, 0.3) is 0 Å². The first-order valence-corrected chi connectivity index (χ1v) is 5.03. The Balaban J connectivity index is 2.76. The van der Waals surface area contributed by atoms with Crippen LogP contribution >= 0.6 is 11.3 Å². The molecule has 16 heavy (non-hydrogen) atoms. The monoisotopic (exact) mass is 249 g/mol. The SMILES string of the molecule is CCOC(=O)C#Cc1nc(C(F)(F)F)cs1. The molecular weight excluding hydrogens is 243 g/mol. The largest absolute Gasteiger partial charge is 0.456 e. The third-order valence-electron chi connectivity index (χ3n) is 1.34. The van der Waals surface area contributed by atoms with Crippen molar-refractivity contribution < 1.29 is 22.7 Å². The molecular formula is C9H6F3NO2S. The molecule has 1 aromatic rings. The Bertz CT molecular complexity index is 442. The minimum Gasteiger partial charge on any atom is -0.456 e. The number of hydrogen-bond acceptors (Lipinski definition) is 4. The van der Waals surface area contributed by atoms with Gasteiger partial charge in [0.2, 0.25) is 0 Å². The second-order valence-electron chi connectivity index (χ2n) is 2.51. The summed E-state index contributed by atoms with van der Waals surface area (Å²) in [5, 5.41) is 0.773. The zero-order valence-corrected chi connectivity index (χ0v) is 8.91. The minimum atomic E-state index is -4.49. The lowest BCUT2D eigenvalue weighted by atomic mass is 10.5. The van der Waals surface area contributed by atoms with E-state index >= 15 is 0 Å². The van der Waals surface area contributed by atoms with Crippen LogP contribution in [0.15, 0.2) is 5.38 Å². The molecule has 0 atom stereocenters. The molecule has 1 rings (SSSR count). The predicted octanol–water partition coefficient (Wildman–Crippen LogP) is 2.08. The molecule has 1 heterocycles. The maximum absolute atomic E-state index is 12.1. The van der Waals surface area contributed by atoms with E-state index in [0.717, 1.165) is 16.7 Å². The Morgan fingerprint density at radius 2 is 2.31 bits per heavy atom. The van der Waals surface area contributed by atoms with Crippen molar-refractivity contribution in [3.05, 3.63) is 16.1 Å². The van der Waals surface area contributed by atoms with Gasteiger partial charge >= 0.3 is 12.1 Å². The van der Waals surface area contributed by atoms with E-state index in [9.17, 15) is 18.0 Å². The first-order valence-electron chi connectivity index (χ1n) is 4.15. The van der Waals surface area contributed by atoms with Crippen molar-refractivity contribution in [1.82, 2.24) is 4.98 Å². The zero-order chi connectivity index (χ0) is 12.2. The Hall–Kier alpha value is -1.55. The number of hydrogen-bond donors (Lipinski definition) is 0. The molecule has 0 aliphatic carbocycles. The molecule has 0 aliphatic rings. The van der Waals surface area contributed by atoms with Crippen molar-refractivity contribution in [2.24, 2.45) is 0 Å². The summed E-state index contributed by atoms with van der Waals surface area (Å²) in [5.41, 5.74) is -1.01. The average Bonchev–Trinajstić information content (AvgIpc) is 2.63. The first kappa shape index (κ1) is 12.5. The van der Waals surface area contributed by atoms with E-state index in [2.05, 4.69) is 15.6 Å². The van der Waals surface area contributed by atoms with E-state index < -0.39 is 17.8 Å². The van der Waals surface area contributed by atoms with E-state index in [4.69, 9.17) is 0 Å². The van der Waals surface area contributed by atoms with E-state index in [-0.39, 0.29) is 11.6 Å². The molecule has 0 aliphatic heterocycles. The van der Waals surface area contributed by atoms with Crippen LogP contribution in [0.2, 0.25) is 0 Å². The quantitative estimate of drug-likeness (QED) is 0.565. The van der Waals surface area contributed by atoms with Gasteiger partial charge in [-0.3, -0.25) is 0 Å². The van der Waals surface area contributed by atoms with Crippen LogP contribution in [-0.4, -0.2) is 17.6 Å². The summed E-state index contributed by atoms with van der Waals surface area (Å²) >= 11 is 0.724. The Kier molecular flexibility index (Phi) is 3.90. The molecule has 0 unspecified atom stereocenters. The molecule has 0 bridgehead atoms. The minimum absolute atomic E-state index is 0.0691. The summed E-state index contributed by atoms with van der Waals surface area (Å²) in [5.74, 6) is 3.45. The van der Waals surface area contributed by atoms with Crippen LogP contribution in [0.4, 0.5) is 13.2 Å². The maximum atomic E-state index is 12.1. The van der Waals surface area contributed by atoms with Crippen LogP contribution in [-0.2, 0) is 15.7 Å². The molecule has 1 aromatic heterocycles. The average molecular weight is 249 g/mol. The van der Waals surface area contributed by atoms with Gasteiger partial charge in [-0.1, -0.05) is 0 Å². The fraction of sp³-hybridized carbons (Fsp3) is 0.333. The van der Waals surface area contributed by atoms with Crippen LogP contribution in [0.3, 0.4) is 0 Å². The van der Waals surface area contributed by atoms with Gasteiger partial charge < -0.3 is 4.74 Å². The number of ether oxygens (including phenoxy) is 1. The van der Waals surface area contributed by atoms with Crippen molar-refractivity contribution in [1.29, 1.82) is 0 Å². The zero-order valence-electron chi connectivity index (χ0n) is 8.09. The Morgan fingerprint density at radius 3 is 2.81 bits per heavy atom. The lowest BCUT2D eigenvalue weighted by molar-refractivity contribution is -0.140. The van der Waals surface area contributed by atoms with Gasteiger partial charge in [-0.05, 0) is 12.8 Å². The summed E-state index contributed by atoms with van der Waals surface area (Å²) < 4.78 is 40.9. The van der Waals surface area contributed by atoms with Crippen molar-refractivity contribution in [3.63, 3.8) is 0 Å². The van der Waals surface area contributed by atoms with Gasteiger partial charge in [0.25, 0.3) is 0 Å².